The van der Waals surface area contributed by atoms with Crippen molar-refractivity contribution in [3.8, 4) is 0 Å². The maximum atomic E-state index is 12.2. The lowest BCUT2D eigenvalue weighted by atomic mass is 9.99. The minimum Gasteiger partial charge on any atom is -0.342 e. The monoisotopic (exact) mass is 338 g/mol. The maximum absolute atomic E-state index is 12.2. The van der Waals surface area contributed by atoms with E-state index in [9.17, 15) is 4.79 Å². The van der Waals surface area contributed by atoms with E-state index in [0.717, 1.165) is 42.9 Å². The second-order valence-electron chi connectivity index (χ2n) is 5.86. The summed E-state index contributed by atoms with van der Waals surface area (Å²) in [4.78, 5) is 16.3. The van der Waals surface area contributed by atoms with Crippen molar-refractivity contribution in [3.63, 3.8) is 0 Å². The van der Waals surface area contributed by atoms with Gasteiger partial charge in [-0.1, -0.05) is 35.0 Å². The van der Waals surface area contributed by atoms with E-state index in [4.69, 9.17) is 0 Å². The summed E-state index contributed by atoms with van der Waals surface area (Å²) >= 11 is 3.43. The average Bonchev–Trinajstić information content (AvgIpc) is 2.42. The molecule has 4 heteroatoms. The lowest BCUT2D eigenvalue weighted by Gasteiger charge is -2.31. The van der Waals surface area contributed by atoms with Crippen molar-refractivity contribution in [1.29, 1.82) is 0 Å². The molecule has 0 bridgehead atoms. The fourth-order valence-corrected chi connectivity index (χ4v) is 2.81. The molecule has 1 aliphatic heterocycles. The molecule has 1 aromatic rings. The third-order valence-electron chi connectivity index (χ3n) is 3.91. The molecule has 0 radical (unpaired) electrons. The van der Waals surface area contributed by atoms with Crippen LogP contribution in [0.2, 0.25) is 0 Å². The topological polar surface area (TPSA) is 23.6 Å². The molecular weight excluding hydrogens is 316 g/mol. The van der Waals surface area contributed by atoms with Crippen molar-refractivity contribution in [2.45, 2.75) is 26.3 Å². The minimum absolute atomic E-state index is 0.261. The SMILES string of the molecule is CC1CCN(C(=O)CN(C)Cc2ccc(Br)cc2)CC1. The standard InChI is InChI=1S/C16H23BrN2O/c1-13-7-9-19(10-8-13)16(20)12-18(2)11-14-3-5-15(17)6-4-14/h3-6,13H,7-12H2,1-2H3. The maximum Gasteiger partial charge on any atom is 0.236 e. The Balaban J connectivity index is 1.80. The molecule has 0 N–H and O–H groups in total. The fourth-order valence-electron chi connectivity index (χ4n) is 2.55. The molecule has 1 aromatic carbocycles. The van der Waals surface area contributed by atoms with E-state index in [0.29, 0.717) is 6.54 Å². The third-order valence-corrected chi connectivity index (χ3v) is 4.44. The lowest BCUT2D eigenvalue weighted by Crippen LogP contribution is -2.42. The van der Waals surface area contributed by atoms with Gasteiger partial charge in [-0.15, -0.1) is 0 Å². The van der Waals surface area contributed by atoms with Gasteiger partial charge in [0.25, 0.3) is 0 Å². The first-order valence-electron chi connectivity index (χ1n) is 7.25. The van der Waals surface area contributed by atoms with Crippen LogP contribution in [-0.2, 0) is 11.3 Å². The van der Waals surface area contributed by atoms with Crippen molar-refractivity contribution in [2.24, 2.45) is 5.92 Å². The zero-order valence-corrected chi connectivity index (χ0v) is 13.9. The number of nitrogens with zero attached hydrogens (tertiary/aromatic N) is 2. The highest BCUT2D eigenvalue weighted by Gasteiger charge is 2.20. The number of carbonyl (C=O) groups excluding carboxylic acids is 1. The molecule has 1 amide bonds. The molecule has 110 valence electrons. The predicted molar refractivity (Wildman–Crippen MR) is 85.5 cm³/mol. The molecule has 1 fully saturated rings. The Hall–Kier alpha value is -0.870. The van der Waals surface area contributed by atoms with Crippen molar-refractivity contribution >= 4 is 21.8 Å². The van der Waals surface area contributed by atoms with Gasteiger partial charge in [0.2, 0.25) is 5.91 Å². The summed E-state index contributed by atoms with van der Waals surface area (Å²) < 4.78 is 1.09. The van der Waals surface area contributed by atoms with Crippen LogP contribution >= 0.6 is 15.9 Å². The van der Waals surface area contributed by atoms with E-state index in [-0.39, 0.29) is 5.91 Å². The van der Waals surface area contributed by atoms with Crippen LogP contribution in [0, 0.1) is 5.92 Å². The first kappa shape index (κ1) is 15.5. The average molecular weight is 339 g/mol. The first-order chi connectivity index (χ1) is 9.54. The number of amides is 1. The predicted octanol–water partition coefficient (Wildman–Crippen LogP) is 3.14. The van der Waals surface area contributed by atoms with E-state index >= 15 is 0 Å². The Bertz CT molecular complexity index is 438. The number of benzene rings is 1. The molecule has 20 heavy (non-hydrogen) atoms. The summed E-state index contributed by atoms with van der Waals surface area (Å²) in [5.41, 5.74) is 1.23. The molecule has 1 heterocycles. The molecule has 0 atom stereocenters. The molecule has 0 unspecified atom stereocenters. The Morgan fingerprint density at radius 2 is 1.90 bits per heavy atom. The molecule has 0 saturated carbocycles. The van der Waals surface area contributed by atoms with Gasteiger partial charge in [-0.05, 0) is 43.5 Å². The molecular formula is C16H23BrN2O. The van der Waals surface area contributed by atoms with Gasteiger partial charge >= 0.3 is 0 Å². The van der Waals surface area contributed by atoms with Crippen LogP contribution in [0.1, 0.15) is 25.3 Å². The van der Waals surface area contributed by atoms with Gasteiger partial charge in [-0.25, -0.2) is 0 Å². The van der Waals surface area contributed by atoms with Gasteiger partial charge in [-0.2, -0.15) is 0 Å². The largest absolute Gasteiger partial charge is 0.342 e. The summed E-state index contributed by atoms with van der Waals surface area (Å²) in [6.07, 6.45) is 2.28. The zero-order valence-electron chi connectivity index (χ0n) is 12.3. The highest BCUT2D eigenvalue weighted by atomic mass is 79.9. The molecule has 0 aromatic heterocycles. The number of carbonyl (C=O) groups is 1. The molecule has 0 spiro atoms. The molecule has 3 nitrogen and oxygen atoms in total. The highest BCUT2D eigenvalue weighted by Crippen LogP contribution is 2.16. The van der Waals surface area contributed by atoms with Crippen LogP contribution in [0.3, 0.4) is 0 Å². The van der Waals surface area contributed by atoms with Crippen LogP contribution in [0.25, 0.3) is 0 Å². The van der Waals surface area contributed by atoms with E-state index in [1.54, 1.807) is 0 Å². The van der Waals surface area contributed by atoms with Gasteiger partial charge < -0.3 is 4.90 Å². The second-order valence-corrected chi connectivity index (χ2v) is 6.78. The lowest BCUT2D eigenvalue weighted by molar-refractivity contribution is -0.133. The van der Waals surface area contributed by atoms with Crippen LogP contribution in [-0.4, -0.2) is 42.4 Å². The van der Waals surface area contributed by atoms with Gasteiger partial charge in [0, 0.05) is 24.1 Å². The Kier molecular flexibility index (Phi) is 5.61. The van der Waals surface area contributed by atoms with E-state index < -0.39 is 0 Å². The smallest absolute Gasteiger partial charge is 0.236 e. The second kappa shape index (κ2) is 7.23. The fraction of sp³-hybridized carbons (Fsp3) is 0.562. The van der Waals surface area contributed by atoms with Crippen molar-refractivity contribution in [2.75, 3.05) is 26.7 Å². The first-order valence-corrected chi connectivity index (χ1v) is 8.04. The number of hydrogen-bond acceptors (Lipinski definition) is 2. The number of halogens is 1. The summed E-state index contributed by atoms with van der Waals surface area (Å²) in [5, 5.41) is 0. The molecule has 0 aliphatic carbocycles. The third kappa shape index (κ3) is 4.60. The summed E-state index contributed by atoms with van der Waals surface area (Å²) in [7, 11) is 2.01. The molecule has 1 aliphatic rings. The van der Waals surface area contributed by atoms with E-state index in [1.165, 1.54) is 5.56 Å². The number of hydrogen-bond donors (Lipinski definition) is 0. The number of rotatable bonds is 4. The van der Waals surface area contributed by atoms with Crippen LogP contribution in [0.15, 0.2) is 28.7 Å². The highest BCUT2D eigenvalue weighted by molar-refractivity contribution is 9.10. The van der Waals surface area contributed by atoms with Gasteiger partial charge in [0.1, 0.15) is 0 Å². The zero-order chi connectivity index (χ0) is 14.5. The number of likely N-dealkylation sites (N-methyl/N-ethyl adjacent to an activating group) is 1. The molecule has 2 rings (SSSR count). The van der Waals surface area contributed by atoms with E-state index in [2.05, 4.69) is 39.9 Å². The Morgan fingerprint density at radius 3 is 2.50 bits per heavy atom. The summed E-state index contributed by atoms with van der Waals surface area (Å²) in [5.74, 6) is 1.02. The number of piperidine rings is 1. The van der Waals surface area contributed by atoms with Gasteiger partial charge in [-0.3, -0.25) is 9.69 Å². The van der Waals surface area contributed by atoms with Crippen molar-refractivity contribution < 1.29 is 4.79 Å². The van der Waals surface area contributed by atoms with Crippen LogP contribution < -0.4 is 0 Å². The normalized spacial score (nSPS) is 16.7. The van der Waals surface area contributed by atoms with E-state index in [1.807, 2.05) is 24.1 Å². The van der Waals surface area contributed by atoms with Crippen LogP contribution in [0.5, 0.6) is 0 Å². The Labute approximate surface area is 130 Å². The number of likely N-dealkylation sites (tertiary alicyclic amines) is 1. The van der Waals surface area contributed by atoms with Gasteiger partial charge in [0.15, 0.2) is 0 Å². The van der Waals surface area contributed by atoms with Crippen molar-refractivity contribution in [3.05, 3.63) is 34.3 Å². The quantitative estimate of drug-likeness (QED) is 0.841. The molecule has 1 saturated heterocycles. The van der Waals surface area contributed by atoms with Crippen molar-refractivity contribution in [1.82, 2.24) is 9.80 Å². The summed E-state index contributed by atoms with van der Waals surface area (Å²) in [6, 6.07) is 8.26. The van der Waals surface area contributed by atoms with Crippen LogP contribution in [0.4, 0.5) is 0 Å². The minimum atomic E-state index is 0.261. The Morgan fingerprint density at radius 1 is 1.30 bits per heavy atom. The summed E-state index contributed by atoms with van der Waals surface area (Å²) in [6.45, 7) is 5.42. The van der Waals surface area contributed by atoms with Gasteiger partial charge in [0.05, 0.1) is 6.54 Å².